The molecule has 0 aliphatic heterocycles. The first-order valence-electron chi connectivity index (χ1n) is 8.32. The summed E-state index contributed by atoms with van der Waals surface area (Å²) in [6.07, 6.45) is 4.30. The second-order valence-electron chi connectivity index (χ2n) is 6.30. The lowest BCUT2D eigenvalue weighted by molar-refractivity contribution is 0.586. The number of aromatic nitrogens is 6. The second kappa shape index (κ2) is 6.42. The Bertz CT molecular complexity index is 1070. The number of imidazole rings is 1. The highest BCUT2D eigenvalue weighted by Crippen LogP contribution is 2.26. The Morgan fingerprint density at radius 3 is 2.65 bits per heavy atom. The Morgan fingerprint density at radius 2 is 1.92 bits per heavy atom. The number of fused-ring (bicyclic) bond motifs is 1. The molecule has 0 saturated carbocycles. The summed E-state index contributed by atoms with van der Waals surface area (Å²) >= 11 is 6.01. The predicted octanol–water partition coefficient (Wildman–Crippen LogP) is 3.42. The Labute approximate surface area is 155 Å². The van der Waals surface area contributed by atoms with Crippen molar-refractivity contribution in [3.8, 4) is 5.69 Å². The van der Waals surface area contributed by atoms with E-state index in [4.69, 9.17) is 22.3 Å². The van der Waals surface area contributed by atoms with Gasteiger partial charge in [0.05, 0.1) is 5.69 Å². The number of nitrogens with zero attached hydrogens (tertiary/aromatic N) is 6. The van der Waals surface area contributed by atoms with Gasteiger partial charge in [-0.25, -0.2) is 9.67 Å². The van der Waals surface area contributed by atoms with Crippen molar-refractivity contribution in [3.63, 3.8) is 0 Å². The first kappa shape index (κ1) is 16.5. The predicted molar refractivity (Wildman–Crippen MR) is 102 cm³/mol. The quantitative estimate of drug-likeness (QED) is 0.558. The fourth-order valence-corrected chi connectivity index (χ4v) is 3.32. The third kappa shape index (κ3) is 2.80. The number of hydrogen-bond donors (Lipinski definition) is 1. The number of hydrogen-bond acceptors (Lipinski definition) is 5. The van der Waals surface area contributed by atoms with E-state index in [0.29, 0.717) is 23.4 Å². The summed E-state index contributed by atoms with van der Waals surface area (Å²) in [5.41, 5.74) is 9.36. The molecule has 0 atom stereocenters. The number of nitrogens with two attached hydrogens (primary N) is 1. The molecule has 4 rings (SSSR count). The molecule has 1 aromatic carbocycles. The zero-order valence-corrected chi connectivity index (χ0v) is 15.2. The van der Waals surface area contributed by atoms with Crippen LogP contribution in [0.1, 0.15) is 31.3 Å². The molecule has 0 fully saturated rings. The maximum absolute atomic E-state index is 6.01. The highest BCUT2D eigenvalue weighted by atomic mass is 35.5. The molecular weight excluding hydrogens is 350 g/mol. The SMILES string of the molecule is CC(C)n1c(Cc2ccccc2-n2cccn2)nc2c(N)nc(Cl)nc21. The maximum Gasteiger partial charge on any atom is 0.226 e. The highest BCUT2D eigenvalue weighted by molar-refractivity contribution is 6.28. The number of nitrogen functional groups attached to an aromatic ring is 1. The van der Waals surface area contributed by atoms with E-state index in [1.54, 1.807) is 6.20 Å². The van der Waals surface area contributed by atoms with Gasteiger partial charge in [0.1, 0.15) is 5.82 Å². The molecule has 2 N–H and O–H groups in total. The molecule has 0 unspecified atom stereocenters. The lowest BCUT2D eigenvalue weighted by atomic mass is 10.1. The van der Waals surface area contributed by atoms with Crippen LogP contribution in [0.4, 0.5) is 5.82 Å². The van der Waals surface area contributed by atoms with E-state index in [9.17, 15) is 0 Å². The zero-order chi connectivity index (χ0) is 18.3. The van der Waals surface area contributed by atoms with E-state index >= 15 is 0 Å². The normalized spacial score (nSPS) is 11.5. The van der Waals surface area contributed by atoms with Gasteiger partial charge in [-0.05, 0) is 43.1 Å². The molecule has 0 aliphatic carbocycles. The maximum atomic E-state index is 6.01. The average Bonchev–Trinajstić information content (AvgIpc) is 3.23. The van der Waals surface area contributed by atoms with E-state index in [0.717, 1.165) is 17.1 Å². The van der Waals surface area contributed by atoms with Gasteiger partial charge >= 0.3 is 0 Å². The van der Waals surface area contributed by atoms with Crippen LogP contribution in [0.5, 0.6) is 0 Å². The van der Waals surface area contributed by atoms with Crippen LogP contribution in [-0.2, 0) is 6.42 Å². The van der Waals surface area contributed by atoms with Crippen LogP contribution in [-0.4, -0.2) is 29.3 Å². The molecule has 0 saturated heterocycles. The molecule has 0 radical (unpaired) electrons. The summed E-state index contributed by atoms with van der Waals surface area (Å²) in [6, 6.07) is 10.2. The van der Waals surface area contributed by atoms with Crippen molar-refractivity contribution in [3.05, 3.63) is 59.4 Å². The fourth-order valence-electron chi connectivity index (χ4n) is 3.15. The van der Waals surface area contributed by atoms with Crippen molar-refractivity contribution < 1.29 is 0 Å². The van der Waals surface area contributed by atoms with Crippen LogP contribution in [0.3, 0.4) is 0 Å². The largest absolute Gasteiger partial charge is 0.382 e. The first-order chi connectivity index (χ1) is 12.5. The number of rotatable bonds is 4. The topological polar surface area (TPSA) is 87.4 Å². The zero-order valence-electron chi connectivity index (χ0n) is 14.5. The van der Waals surface area contributed by atoms with Crippen molar-refractivity contribution in [2.24, 2.45) is 0 Å². The lowest BCUT2D eigenvalue weighted by Gasteiger charge is -2.14. The van der Waals surface area contributed by atoms with Gasteiger partial charge in [-0.1, -0.05) is 18.2 Å². The van der Waals surface area contributed by atoms with Gasteiger partial charge in [-0.2, -0.15) is 15.1 Å². The summed E-state index contributed by atoms with van der Waals surface area (Å²) in [6.45, 7) is 4.16. The summed E-state index contributed by atoms with van der Waals surface area (Å²) in [5.74, 6) is 1.15. The molecular formula is C18H18ClN7. The lowest BCUT2D eigenvalue weighted by Crippen LogP contribution is -2.09. The van der Waals surface area contributed by atoms with Crippen molar-refractivity contribution in [1.82, 2.24) is 29.3 Å². The molecule has 0 bridgehead atoms. The third-order valence-corrected chi connectivity index (χ3v) is 4.39. The summed E-state index contributed by atoms with van der Waals surface area (Å²) in [4.78, 5) is 13.1. The van der Waals surface area contributed by atoms with E-state index in [2.05, 4.69) is 39.5 Å². The van der Waals surface area contributed by atoms with Crippen LogP contribution >= 0.6 is 11.6 Å². The fraction of sp³-hybridized carbons (Fsp3) is 0.222. The van der Waals surface area contributed by atoms with Crippen LogP contribution in [0.25, 0.3) is 16.9 Å². The van der Waals surface area contributed by atoms with Crippen molar-refractivity contribution in [2.75, 3.05) is 5.73 Å². The van der Waals surface area contributed by atoms with E-state index in [1.165, 1.54) is 0 Å². The summed E-state index contributed by atoms with van der Waals surface area (Å²) in [5, 5.41) is 4.47. The molecule has 4 aromatic rings. The van der Waals surface area contributed by atoms with Crippen LogP contribution in [0.2, 0.25) is 5.28 Å². The minimum Gasteiger partial charge on any atom is -0.382 e. The van der Waals surface area contributed by atoms with Gasteiger partial charge in [-0.3, -0.25) is 0 Å². The minimum atomic E-state index is 0.125. The molecule has 26 heavy (non-hydrogen) atoms. The van der Waals surface area contributed by atoms with Crippen molar-refractivity contribution in [2.45, 2.75) is 26.3 Å². The number of halogens is 1. The van der Waals surface area contributed by atoms with Gasteiger partial charge in [0.25, 0.3) is 0 Å². The summed E-state index contributed by atoms with van der Waals surface area (Å²) in [7, 11) is 0. The Hall–Kier alpha value is -2.93. The molecule has 3 aromatic heterocycles. The van der Waals surface area contributed by atoms with Gasteiger partial charge in [0.2, 0.25) is 5.28 Å². The van der Waals surface area contributed by atoms with Gasteiger partial charge in [0.15, 0.2) is 17.0 Å². The van der Waals surface area contributed by atoms with Crippen molar-refractivity contribution >= 4 is 28.6 Å². The Balaban J connectivity index is 1.87. The van der Waals surface area contributed by atoms with Gasteiger partial charge in [0, 0.05) is 24.9 Å². The Kier molecular flexibility index (Phi) is 4.08. The number of para-hydroxylation sites is 1. The third-order valence-electron chi connectivity index (χ3n) is 4.22. The molecule has 0 aliphatic rings. The molecule has 7 nitrogen and oxygen atoms in total. The first-order valence-corrected chi connectivity index (χ1v) is 8.70. The molecule has 3 heterocycles. The monoisotopic (exact) mass is 367 g/mol. The van der Waals surface area contributed by atoms with Crippen LogP contribution < -0.4 is 5.73 Å². The minimum absolute atomic E-state index is 0.125. The van der Waals surface area contributed by atoms with Gasteiger partial charge < -0.3 is 10.3 Å². The number of anilines is 1. The molecule has 8 heteroatoms. The van der Waals surface area contributed by atoms with Crippen molar-refractivity contribution in [1.29, 1.82) is 0 Å². The average molecular weight is 368 g/mol. The summed E-state index contributed by atoms with van der Waals surface area (Å²) < 4.78 is 3.90. The van der Waals surface area contributed by atoms with Crippen LogP contribution in [0, 0.1) is 0 Å². The van der Waals surface area contributed by atoms with E-state index in [1.807, 2.05) is 35.1 Å². The standard InChI is InChI=1S/C18H18ClN7/c1-11(2)26-14(22-15-16(20)23-18(19)24-17(15)26)10-12-6-3-4-7-13(12)25-9-5-8-21-25/h3-9,11H,10H2,1-2H3,(H2,20,23,24). The molecule has 0 spiro atoms. The Morgan fingerprint density at radius 1 is 1.12 bits per heavy atom. The second-order valence-corrected chi connectivity index (χ2v) is 6.64. The highest BCUT2D eigenvalue weighted by Gasteiger charge is 2.19. The van der Waals surface area contributed by atoms with Gasteiger partial charge in [-0.15, -0.1) is 0 Å². The smallest absolute Gasteiger partial charge is 0.226 e. The number of benzene rings is 1. The molecule has 132 valence electrons. The van der Waals surface area contributed by atoms with Crippen LogP contribution in [0.15, 0.2) is 42.7 Å². The van der Waals surface area contributed by atoms with E-state index in [-0.39, 0.29) is 11.3 Å². The molecule has 0 amide bonds. The van der Waals surface area contributed by atoms with E-state index < -0.39 is 0 Å².